The summed E-state index contributed by atoms with van der Waals surface area (Å²) in [5.41, 5.74) is 7.56. The zero-order chi connectivity index (χ0) is 18.5. The molecule has 1 aliphatic heterocycles. The monoisotopic (exact) mass is 370 g/mol. The van der Waals surface area contributed by atoms with Gasteiger partial charge >= 0.3 is 0 Å². The first-order chi connectivity index (χ1) is 12.5. The second-order valence-corrected chi connectivity index (χ2v) is 7.21. The first kappa shape index (κ1) is 18.5. The highest BCUT2D eigenvalue weighted by Gasteiger charge is 2.28. The Morgan fingerprint density at radius 3 is 2.15 bits per heavy atom. The van der Waals surface area contributed by atoms with E-state index in [9.17, 15) is 9.59 Å². The Morgan fingerprint density at radius 1 is 1.00 bits per heavy atom. The number of nitrogens with zero attached hydrogens (tertiary/aromatic N) is 1. The van der Waals surface area contributed by atoms with Crippen LogP contribution in [0.3, 0.4) is 0 Å². The zero-order valence-corrected chi connectivity index (χ0v) is 15.4. The van der Waals surface area contributed by atoms with Gasteiger partial charge in [-0.3, -0.25) is 9.59 Å². The average molecular weight is 371 g/mol. The highest BCUT2D eigenvalue weighted by molar-refractivity contribution is 6.30. The van der Waals surface area contributed by atoms with E-state index in [1.807, 2.05) is 59.5 Å². The summed E-state index contributed by atoms with van der Waals surface area (Å²) < 4.78 is 0. The first-order valence-electron chi connectivity index (χ1n) is 8.92. The normalized spacial score (nSPS) is 16.3. The van der Waals surface area contributed by atoms with Gasteiger partial charge in [0.1, 0.15) is 0 Å². The van der Waals surface area contributed by atoms with E-state index in [0.29, 0.717) is 37.4 Å². The lowest BCUT2D eigenvalue weighted by Crippen LogP contribution is -2.42. The van der Waals surface area contributed by atoms with Crippen LogP contribution < -0.4 is 5.73 Å². The van der Waals surface area contributed by atoms with Crippen molar-refractivity contribution in [3.63, 3.8) is 0 Å². The number of hydrogen-bond donors (Lipinski definition) is 1. The third kappa shape index (κ3) is 4.44. The molecule has 1 fully saturated rings. The highest BCUT2D eigenvalue weighted by Crippen LogP contribution is 2.30. The second kappa shape index (κ2) is 8.37. The van der Waals surface area contributed by atoms with Gasteiger partial charge in [0.25, 0.3) is 0 Å². The van der Waals surface area contributed by atoms with Crippen LogP contribution in [0.5, 0.6) is 0 Å². The molecule has 1 unspecified atom stereocenters. The molecular weight excluding hydrogens is 348 g/mol. The van der Waals surface area contributed by atoms with Crippen LogP contribution in [-0.4, -0.2) is 29.8 Å². The van der Waals surface area contributed by atoms with Crippen molar-refractivity contribution < 1.29 is 9.59 Å². The highest BCUT2D eigenvalue weighted by atomic mass is 35.5. The number of nitrogens with two attached hydrogens (primary N) is 1. The van der Waals surface area contributed by atoms with Crippen LogP contribution in [0.4, 0.5) is 0 Å². The molecule has 0 spiro atoms. The van der Waals surface area contributed by atoms with Crippen LogP contribution in [0.25, 0.3) is 0 Å². The van der Waals surface area contributed by atoms with Crippen LogP contribution in [0.2, 0.25) is 5.02 Å². The number of primary amides is 1. The molecule has 136 valence electrons. The average Bonchev–Trinajstić information content (AvgIpc) is 2.67. The molecule has 0 aliphatic carbocycles. The molecule has 2 amide bonds. The van der Waals surface area contributed by atoms with Crippen molar-refractivity contribution in [1.82, 2.24) is 4.90 Å². The Kier molecular flexibility index (Phi) is 5.94. The van der Waals surface area contributed by atoms with Gasteiger partial charge in [0.2, 0.25) is 11.8 Å². The molecule has 2 aromatic rings. The quantitative estimate of drug-likeness (QED) is 0.874. The fraction of sp³-hybridized carbons (Fsp3) is 0.333. The topological polar surface area (TPSA) is 63.4 Å². The van der Waals surface area contributed by atoms with Gasteiger partial charge in [-0.2, -0.15) is 0 Å². The second-order valence-electron chi connectivity index (χ2n) is 6.78. The standard InChI is InChI=1S/C21H23ClN2O2/c22-18-8-6-16(7-9-18)19(15-4-2-1-3-5-15)14-20(25)24-12-10-17(11-13-24)21(23)26/h1-9,17,19H,10-14H2,(H2,23,26). The lowest BCUT2D eigenvalue weighted by molar-refractivity contribution is -0.135. The van der Waals surface area contributed by atoms with Gasteiger partial charge in [-0.1, -0.05) is 54.1 Å². The minimum atomic E-state index is -0.263. The summed E-state index contributed by atoms with van der Waals surface area (Å²) >= 11 is 6.02. The van der Waals surface area contributed by atoms with Gasteiger partial charge in [-0.25, -0.2) is 0 Å². The molecule has 0 aromatic heterocycles. The van der Waals surface area contributed by atoms with Crippen LogP contribution >= 0.6 is 11.6 Å². The van der Waals surface area contributed by atoms with Crippen molar-refractivity contribution in [2.75, 3.05) is 13.1 Å². The van der Waals surface area contributed by atoms with E-state index in [1.165, 1.54) is 0 Å². The molecule has 4 nitrogen and oxygen atoms in total. The Hall–Kier alpha value is -2.33. The number of carbonyl (C=O) groups is 2. The predicted octanol–water partition coefficient (Wildman–Crippen LogP) is 3.59. The summed E-state index contributed by atoms with van der Waals surface area (Å²) in [5, 5.41) is 0.681. The van der Waals surface area contributed by atoms with Crippen LogP contribution in [0, 0.1) is 5.92 Å². The van der Waals surface area contributed by atoms with Crippen molar-refractivity contribution in [3.8, 4) is 0 Å². The maximum Gasteiger partial charge on any atom is 0.223 e. The number of rotatable bonds is 5. The number of carbonyl (C=O) groups excluding carboxylic acids is 2. The van der Waals surface area contributed by atoms with Crippen molar-refractivity contribution in [2.45, 2.75) is 25.2 Å². The van der Waals surface area contributed by atoms with Crippen LogP contribution in [0.1, 0.15) is 36.3 Å². The van der Waals surface area contributed by atoms with E-state index in [4.69, 9.17) is 17.3 Å². The minimum Gasteiger partial charge on any atom is -0.369 e. The van der Waals surface area contributed by atoms with Crippen molar-refractivity contribution in [1.29, 1.82) is 0 Å². The van der Waals surface area contributed by atoms with Gasteiger partial charge in [-0.15, -0.1) is 0 Å². The lowest BCUT2D eigenvalue weighted by Gasteiger charge is -2.32. The third-order valence-corrected chi connectivity index (χ3v) is 5.36. The fourth-order valence-electron chi connectivity index (χ4n) is 3.53. The molecule has 2 N–H and O–H groups in total. The Labute approximate surface area is 158 Å². The van der Waals surface area contributed by atoms with Gasteiger partial charge in [0.15, 0.2) is 0 Å². The molecule has 3 rings (SSSR count). The summed E-state index contributed by atoms with van der Waals surface area (Å²) in [6.07, 6.45) is 1.70. The van der Waals surface area contributed by atoms with E-state index in [1.54, 1.807) is 0 Å². The van der Waals surface area contributed by atoms with Crippen LogP contribution in [-0.2, 0) is 9.59 Å². The number of amides is 2. The maximum atomic E-state index is 12.9. The molecule has 0 bridgehead atoms. The SMILES string of the molecule is NC(=O)C1CCN(C(=O)CC(c2ccccc2)c2ccc(Cl)cc2)CC1. The maximum absolute atomic E-state index is 12.9. The van der Waals surface area contributed by atoms with E-state index in [2.05, 4.69) is 0 Å². The lowest BCUT2D eigenvalue weighted by atomic mass is 9.87. The van der Waals surface area contributed by atoms with E-state index < -0.39 is 0 Å². The molecule has 26 heavy (non-hydrogen) atoms. The molecule has 0 radical (unpaired) electrons. The van der Waals surface area contributed by atoms with Gasteiger partial charge in [-0.05, 0) is 36.1 Å². The van der Waals surface area contributed by atoms with Gasteiger partial charge in [0.05, 0.1) is 0 Å². The first-order valence-corrected chi connectivity index (χ1v) is 9.30. The summed E-state index contributed by atoms with van der Waals surface area (Å²) in [5.74, 6) is -0.285. The fourth-order valence-corrected chi connectivity index (χ4v) is 3.65. The number of halogens is 1. The molecule has 2 aromatic carbocycles. The van der Waals surface area contributed by atoms with Crippen molar-refractivity contribution >= 4 is 23.4 Å². The predicted molar refractivity (Wildman–Crippen MR) is 103 cm³/mol. The van der Waals surface area contributed by atoms with Gasteiger partial charge in [0, 0.05) is 36.4 Å². The molecule has 5 heteroatoms. The zero-order valence-electron chi connectivity index (χ0n) is 14.6. The van der Waals surface area contributed by atoms with Crippen LogP contribution in [0.15, 0.2) is 54.6 Å². The molecule has 1 heterocycles. The molecule has 0 saturated carbocycles. The number of piperidine rings is 1. The minimum absolute atomic E-state index is 0.0187. The van der Waals surface area contributed by atoms with Crippen molar-refractivity contribution in [2.24, 2.45) is 11.7 Å². The number of likely N-dealkylation sites (tertiary alicyclic amines) is 1. The smallest absolute Gasteiger partial charge is 0.223 e. The van der Waals surface area contributed by atoms with Gasteiger partial charge < -0.3 is 10.6 Å². The number of benzene rings is 2. The van der Waals surface area contributed by atoms with E-state index >= 15 is 0 Å². The number of hydrogen-bond acceptors (Lipinski definition) is 2. The molecule has 1 aliphatic rings. The Bertz CT molecular complexity index is 753. The van der Waals surface area contributed by atoms with E-state index in [-0.39, 0.29) is 23.7 Å². The largest absolute Gasteiger partial charge is 0.369 e. The summed E-state index contributed by atoms with van der Waals surface area (Å²) in [6.45, 7) is 1.18. The Morgan fingerprint density at radius 2 is 1.58 bits per heavy atom. The molecule has 1 saturated heterocycles. The van der Waals surface area contributed by atoms with E-state index in [0.717, 1.165) is 11.1 Å². The Balaban J connectivity index is 1.75. The summed E-state index contributed by atoms with van der Waals surface area (Å²) in [6, 6.07) is 17.7. The summed E-state index contributed by atoms with van der Waals surface area (Å²) in [4.78, 5) is 26.0. The van der Waals surface area contributed by atoms with Crippen molar-refractivity contribution in [3.05, 3.63) is 70.7 Å². The molecular formula is C21H23ClN2O2. The third-order valence-electron chi connectivity index (χ3n) is 5.10. The molecule has 1 atom stereocenters. The summed E-state index contributed by atoms with van der Waals surface area (Å²) in [7, 11) is 0.